The average molecular weight is 193 g/mol. The number of nitrogens with one attached hydrogen (secondary N) is 1. The molecule has 3 nitrogen and oxygen atoms in total. The topological polar surface area (TPSA) is 33.8 Å². The van der Waals surface area contributed by atoms with Gasteiger partial charge in [-0.2, -0.15) is 0 Å². The Kier molecular flexibility index (Phi) is 2.70. The van der Waals surface area contributed by atoms with E-state index < -0.39 is 0 Å². The van der Waals surface area contributed by atoms with E-state index in [1.54, 1.807) is 0 Å². The molecule has 0 bridgehead atoms. The van der Waals surface area contributed by atoms with Crippen molar-refractivity contribution in [1.29, 1.82) is 0 Å². The van der Waals surface area contributed by atoms with Gasteiger partial charge in [-0.15, -0.1) is 0 Å². The van der Waals surface area contributed by atoms with E-state index in [2.05, 4.69) is 17.4 Å². The first-order valence-electron chi connectivity index (χ1n) is 4.83. The van der Waals surface area contributed by atoms with Gasteiger partial charge in [-0.05, 0) is 24.6 Å². The Hall–Kier alpha value is -1.06. The summed E-state index contributed by atoms with van der Waals surface area (Å²) in [5.74, 6) is 0. The van der Waals surface area contributed by atoms with Crippen LogP contribution in [-0.4, -0.2) is 19.4 Å². The van der Waals surface area contributed by atoms with Crippen LogP contribution in [0.25, 0.3) is 0 Å². The van der Waals surface area contributed by atoms with Crippen molar-refractivity contribution in [2.24, 2.45) is 0 Å². The Labute approximate surface area is 84.0 Å². The number of benzene rings is 1. The van der Waals surface area contributed by atoms with Crippen LogP contribution in [0.5, 0.6) is 0 Å². The van der Waals surface area contributed by atoms with Crippen LogP contribution in [0.3, 0.4) is 0 Å². The fourth-order valence-corrected chi connectivity index (χ4v) is 1.29. The first-order valence-corrected chi connectivity index (χ1v) is 4.83. The van der Waals surface area contributed by atoms with Crippen LogP contribution in [-0.2, 0) is 16.1 Å². The van der Waals surface area contributed by atoms with Crippen molar-refractivity contribution in [2.75, 3.05) is 12.4 Å². The maximum absolute atomic E-state index is 5.48. The van der Waals surface area contributed by atoms with Crippen LogP contribution in [0.15, 0.2) is 24.3 Å². The van der Waals surface area contributed by atoms with E-state index in [-0.39, 0.29) is 12.4 Å². The van der Waals surface area contributed by atoms with Gasteiger partial charge in [0.2, 0.25) is 0 Å². The first kappa shape index (κ1) is 9.49. The highest BCUT2D eigenvalue weighted by Crippen LogP contribution is 2.23. The quantitative estimate of drug-likeness (QED) is 0.742. The Balaban J connectivity index is 1.84. The normalized spacial score (nSPS) is 24.7. The molecule has 1 heterocycles. The molecule has 1 aliphatic heterocycles. The summed E-state index contributed by atoms with van der Waals surface area (Å²) in [7, 11) is 1.91. The summed E-state index contributed by atoms with van der Waals surface area (Å²) in [5, 5.41) is 3.07. The van der Waals surface area contributed by atoms with Crippen LogP contribution < -0.4 is 5.32 Å². The number of hydrogen-bond acceptors (Lipinski definition) is 3. The molecule has 0 aliphatic carbocycles. The molecule has 0 spiro atoms. The zero-order chi connectivity index (χ0) is 9.97. The van der Waals surface area contributed by atoms with E-state index in [9.17, 15) is 0 Å². The van der Waals surface area contributed by atoms with Gasteiger partial charge in [0, 0.05) is 12.7 Å². The van der Waals surface area contributed by atoms with Crippen molar-refractivity contribution in [3.05, 3.63) is 29.8 Å². The molecule has 1 aliphatic rings. The van der Waals surface area contributed by atoms with Crippen LogP contribution in [0, 0.1) is 0 Å². The Morgan fingerprint density at radius 1 is 1.36 bits per heavy atom. The summed E-state index contributed by atoms with van der Waals surface area (Å²) in [6.45, 7) is 2.63. The molecule has 0 radical (unpaired) electrons. The number of hydrogen-bond donors (Lipinski definition) is 1. The molecular weight excluding hydrogens is 178 g/mol. The fourth-order valence-electron chi connectivity index (χ4n) is 1.29. The molecule has 1 aromatic rings. The lowest BCUT2D eigenvalue weighted by Gasteiger charge is -2.03. The molecule has 2 unspecified atom stereocenters. The van der Waals surface area contributed by atoms with Crippen molar-refractivity contribution in [1.82, 2.24) is 0 Å². The van der Waals surface area contributed by atoms with Gasteiger partial charge >= 0.3 is 0 Å². The molecule has 0 amide bonds. The SMILES string of the molecule is CNc1ccc(COC2OC2C)cc1. The summed E-state index contributed by atoms with van der Waals surface area (Å²) in [4.78, 5) is 0. The minimum absolute atomic E-state index is 0.0129. The molecule has 14 heavy (non-hydrogen) atoms. The molecular formula is C11H15NO2. The van der Waals surface area contributed by atoms with Gasteiger partial charge in [-0.25, -0.2) is 0 Å². The van der Waals surface area contributed by atoms with Gasteiger partial charge in [0.1, 0.15) is 6.10 Å². The minimum atomic E-state index is 0.0129. The Morgan fingerprint density at radius 2 is 2.00 bits per heavy atom. The molecule has 76 valence electrons. The predicted octanol–water partition coefficient (Wildman–Crippen LogP) is 1.99. The van der Waals surface area contributed by atoms with Crippen molar-refractivity contribution in [3.63, 3.8) is 0 Å². The van der Waals surface area contributed by atoms with Crippen molar-refractivity contribution in [3.8, 4) is 0 Å². The largest absolute Gasteiger partial charge is 0.388 e. The highest BCUT2D eigenvalue weighted by atomic mass is 16.8. The third kappa shape index (κ3) is 2.25. The maximum Gasteiger partial charge on any atom is 0.184 e. The standard InChI is InChI=1S/C11H15NO2/c1-8-11(14-8)13-7-9-3-5-10(12-2)6-4-9/h3-6,8,11-12H,7H2,1-2H3. The maximum atomic E-state index is 5.48. The fraction of sp³-hybridized carbons (Fsp3) is 0.455. The first-order chi connectivity index (χ1) is 6.79. The summed E-state index contributed by atoms with van der Waals surface area (Å²) in [6, 6.07) is 8.18. The van der Waals surface area contributed by atoms with Crippen molar-refractivity contribution >= 4 is 5.69 Å². The molecule has 2 atom stereocenters. The monoisotopic (exact) mass is 193 g/mol. The lowest BCUT2D eigenvalue weighted by atomic mass is 10.2. The highest BCUT2D eigenvalue weighted by molar-refractivity contribution is 5.43. The predicted molar refractivity (Wildman–Crippen MR) is 55.1 cm³/mol. The van der Waals surface area contributed by atoms with Crippen molar-refractivity contribution in [2.45, 2.75) is 25.9 Å². The molecule has 0 saturated carbocycles. The van der Waals surface area contributed by atoms with E-state index >= 15 is 0 Å². The zero-order valence-corrected chi connectivity index (χ0v) is 8.49. The van der Waals surface area contributed by atoms with Gasteiger partial charge in [0.05, 0.1) is 6.61 Å². The Morgan fingerprint density at radius 3 is 2.50 bits per heavy atom. The smallest absolute Gasteiger partial charge is 0.184 e. The highest BCUT2D eigenvalue weighted by Gasteiger charge is 2.35. The summed E-state index contributed by atoms with van der Waals surface area (Å²) in [6.07, 6.45) is 0.283. The molecule has 1 fully saturated rings. The molecule has 1 saturated heterocycles. The summed E-state index contributed by atoms with van der Waals surface area (Å²) < 4.78 is 10.6. The summed E-state index contributed by atoms with van der Waals surface area (Å²) in [5.41, 5.74) is 2.29. The minimum Gasteiger partial charge on any atom is -0.388 e. The van der Waals surface area contributed by atoms with Gasteiger partial charge in [0.25, 0.3) is 0 Å². The molecule has 0 aromatic heterocycles. The van der Waals surface area contributed by atoms with Crippen LogP contribution >= 0.6 is 0 Å². The van der Waals surface area contributed by atoms with E-state index in [1.807, 2.05) is 26.1 Å². The number of ether oxygens (including phenoxy) is 2. The van der Waals surface area contributed by atoms with E-state index in [0.717, 1.165) is 5.69 Å². The average Bonchev–Trinajstić information content (AvgIpc) is 2.92. The van der Waals surface area contributed by atoms with Gasteiger partial charge in [0.15, 0.2) is 6.29 Å². The van der Waals surface area contributed by atoms with Crippen LogP contribution in [0.2, 0.25) is 0 Å². The van der Waals surface area contributed by atoms with Crippen LogP contribution in [0.1, 0.15) is 12.5 Å². The number of epoxide rings is 1. The lowest BCUT2D eigenvalue weighted by Crippen LogP contribution is -1.98. The molecule has 1 aromatic carbocycles. The van der Waals surface area contributed by atoms with Crippen molar-refractivity contribution < 1.29 is 9.47 Å². The lowest BCUT2D eigenvalue weighted by molar-refractivity contribution is 0.0385. The Bertz CT molecular complexity index is 297. The summed E-state index contributed by atoms with van der Waals surface area (Å²) >= 11 is 0. The van der Waals surface area contributed by atoms with Gasteiger partial charge in [-0.1, -0.05) is 12.1 Å². The third-order valence-corrected chi connectivity index (χ3v) is 2.31. The van der Waals surface area contributed by atoms with E-state index in [4.69, 9.17) is 9.47 Å². The second-order valence-corrected chi connectivity index (χ2v) is 3.47. The number of anilines is 1. The number of rotatable bonds is 4. The second kappa shape index (κ2) is 3.98. The van der Waals surface area contributed by atoms with Crippen LogP contribution in [0.4, 0.5) is 5.69 Å². The molecule has 3 heteroatoms. The van der Waals surface area contributed by atoms with E-state index in [1.165, 1.54) is 5.56 Å². The molecule has 1 N–H and O–H groups in total. The molecule has 2 rings (SSSR count). The van der Waals surface area contributed by atoms with Gasteiger partial charge in [-0.3, -0.25) is 0 Å². The second-order valence-electron chi connectivity index (χ2n) is 3.47. The van der Waals surface area contributed by atoms with Gasteiger partial charge < -0.3 is 14.8 Å². The zero-order valence-electron chi connectivity index (χ0n) is 8.49. The third-order valence-electron chi connectivity index (χ3n) is 2.31. The van der Waals surface area contributed by atoms with E-state index in [0.29, 0.717) is 6.61 Å².